The lowest BCUT2D eigenvalue weighted by Gasteiger charge is -2.00. The van der Waals surface area contributed by atoms with Crippen LogP contribution in [0.5, 0.6) is 0 Å². The van der Waals surface area contributed by atoms with Gasteiger partial charge in [0, 0.05) is 11.9 Å². The van der Waals surface area contributed by atoms with Gasteiger partial charge < -0.3 is 0 Å². The second-order valence-corrected chi connectivity index (χ2v) is 6.28. The van der Waals surface area contributed by atoms with Crippen LogP contribution in [0.25, 0.3) is 17.2 Å². The molecule has 1 aromatic heterocycles. The van der Waals surface area contributed by atoms with Crippen LogP contribution < -0.4 is 0 Å². The van der Waals surface area contributed by atoms with Gasteiger partial charge in [0.2, 0.25) is 0 Å². The minimum Gasteiger partial charge on any atom is -0.272 e. The van der Waals surface area contributed by atoms with E-state index in [0.717, 1.165) is 32.7 Å². The van der Waals surface area contributed by atoms with Crippen molar-refractivity contribution in [2.24, 2.45) is 0 Å². The Morgan fingerprint density at radius 1 is 1.10 bits per heavy atom. The first-order chi connectivity index (χ1) is 9.65. The number of imide groups is 1. The summed E-state index contributed by atoms with van der Waals surface area (Å²) in [6.45, 7) is 0. The second-order valence-electron chi connectivity index (χ2n) is 4.34. The number of hydrogen-bond acceptors (Lipinski definition) is 4. The lowest BCUT2D eigenvalue weighted by Crippen LogP contribution is -2.22. The molecular formula is C15H11NO2S2. The molecule has 1 saturated heterocycles. The predicted molar refractivity (Wildman–Crippen MR) is 83.5 cm³/mol. The van der Waals surface area contributed by atoms with E-state index >= 15 is 0 Å². The molecule has 0 radical (unpaired) electrons. The number of carbonyl (C=O) groups excluding carboxylic acids is 2. The molecule has 0 bridgehead atoms. The number of thioether (sulfide) groups is 1. The minimum absolute atomic E-state index is 0.221. The van der Waals surface area contributed by atoms with Crippen molar-refractivity contribution < 1.29 is 9.59 Å². The third-order valence-electron chi connectivity index (χ3n) is 2.99. The van der Waals surface area contributed by atoms with Gasteiger partial charge in [-0.25, -0.2) is 0 Å². The summed E-state index contributed by atoms with van der Waals surface area (Å²) >= 11 is 2.55. The molecule has 100 valence electrons. The summed E-state index contributed by atoms with van der Waals surface area (Å²) in [5.74, 6) is -0.227. The zero-order valence-corrected chi connectivity index (χ0v) is 12.3. The van der Waals surface area contributed by atoms with Gasteiger partial charge in [-0.15, -0.1) is 11.3 Å². The fraction of sp³-hybridized carbons (Fsp3) is 0.0667. The number of carbonyl (C=O) groups is 2. The van der Waals surface area contributed by atoms with E-state index in [1.54, 1.807) is 17.4 Å². The van der Waals surface area contributed by atoms with Gasteiger partial charge in [0.15, 0.2) is 0 Å². The van der Waals surface area contributed by atoms with Crippen LogP contribution in [0, 0.1) is 0 Å². The Balaban J connectivity index is 1.89. The molecule has 1 aromatic carbocycles. The smallest absolute Gasteiger partial charge is 0.272 e. The summed E-state index contributed by atoms with van der Waals surface area (Å²) in [5.41, 5.74) is 2.27. The van der Waals surface area contributed by atoms with Gasteiger partial charge in [0.25, 0.3) is 11.1 Å². The maximum Gasteiger partial charge on any atom is 0.293 e. The van der Waals surface area contributed by atoms with Crippen LogP contribution in [0.2, 0.25) is 0 Å². The van der Waals surface area contributed by atoms with E-state index in [2.05, 4.69) is 5.38 Å². The van der Waals surface area contributed by atoms with Gasteiger partial charge in [-0.3, -0.25) is 14.5 Å². The maximum atomic E-state index is 11.8. The number of hydrogen-bond donors (Lipinski definition) is 0. The zero-order chi connectivity index (χ0) is 14.1. The molecule has 0 aliphatic carbocycles. The molecule has 20 heavy (non-hydrogen) atoms. The molecule has 1 aliphatic heterocycles. The topological polar surface area (TPSA) is 37.4 Å². The van der Waals surface area contributed by atoms with Crippen molar-refractivity contribution >= 4 is 40.3 Å². The highest BCUT2D eigenvalue weighted by Crippen LogP contribution is 2.33. The van der Waals surface area contributed by atoms with Crippen molar-refractivity contribution in [2.45, 2.75) is 0 Å². The fourth-order valence-electron chi connectivity index (χ4n) is 1.89. The summed E-state index contributed by atoms with van der Waals surface area (Å²) in [5, 5.41) is 1.83. The Morgan fingerprint density at radius 2 is 1.85 bits per heavy atom. The summed E-state index contributed by atoms with van der Waals surface area (Å²) in [6.07, 6.45) is 1.78. The quantitative estimate of drug-likeness (QED) is 0.784. The van der Waals surface area contributed by atoms with E-state index in [1.807, 2.05) is 36.4 Å². The standard InChI is InChI=1S/C15H11NO2S2/c1-16-14(17)13(20-15(16)18)8-12-7-11(9-19-12)10-5-3-2-4-6-10/h2-9H,1H3/b13-8-. The van der Waals surface area contributed by atoms with Gasteiger partial charge in [0.05, 0.1) is 4.91 Å². The second kappa shape index (κ2) is 5.26. The number of likely N-dealkylation sites (N-methyl/N-ethyl adjacent to an activating group) is 1. The first kappa shape index (κ1) is 13.1. The molecule has 2 amide bonds. The molecule has 5 heteroatoms. The summed E-state index contributed by atoms with van der Waals surface area (Å²) in [4.78, 5) is 25.9. The third kappa shape index (κ3) is 2.42. The average Bonchev–Trinajstić information content (AvgIpc) is 3.02. The molecule has 3 nitrogen and oxygen atoms in total. The SMILES string of the molecule is CN1C(=O)S/C(=C\c2cc(-c3ccccc3)cs2)C1=O. The van der Waals surface area contributed by atoms with Crippen LogP contribution in [0.15, 0.2) is 46.7 Å². The highest BCUT2D eigenvalue weighted by molar-refractivity contribution is 8.18. The third-order valence-corrected chi connectivity index (χ3v) is 4.83. The highest BCUT2D eigenvalue weighted by Gasteiger charge is 2.31. The Morgan fingerprint density at radius 3 is 2.50 bits per heavy atom. The fourth-order valence-corrected chi connectivity index (χ4v) is 3.63. The van der Waals surface area contributed by atoms with Crippen LogP contribution in [0.3, 0.4) is 0 Å². The van der Waals surface area contributed by atoms with E-state index < -0.39 is 0 Å². The number of rotatable bonds is 2. The number of nitrogens with zero attached hydrogens (tertiary/aromatic N) is 1. The monoisotopic (exact) mass is 301 g/mol. The Labute approximate surface area is 124 Å². The first-order valence-electron chi connectivity index (χ1n) is 6.00. The number of benzene rings is 1. The molecule has 1 fully saturated rings. The molecule has 2 aromatic rings. The van der Waals surface area contributed by atoms with E-state index in [1.165, 1.54) is 7.05 Å². The molecular weight excluding hydrogens is 290 g/mol. The van der Waals surface area contributed by atoms with Crippen molar-refractivity contribution in [1.29, 1.82) is 0 Å². The largest absolute Gasteiger partial charge is 0.293 e. The molecule has 2 heterocycles. The molecule has 0 N–H and O–H groups in total. The lowest BCUT2D eigenvalue weighted by molar-refractivity contribution is -0.121. The van der Waals surface area contributed by atoms with Gasteiger partial charge in [-0.2, -0.15) is 0 Å². The Hall–Kier alpha value is -1.85. The number of amides is 2. The lowest BCUT2D eigenvalue weighted by atomic mass is 10.1. The van der Waals surface area contributed by atoms with Gasteiger partial charge in [-0.1, -0.05) is 30.3 Å². The van der Waals surface area contributed by atoms with Crippen molar-refractivity contribution in [3.8, 4) is 11.1 Å². The normalized spacial score (nSPS) is 17.2. The van der Waals surface area contributed by atoms with Gasteiger partial charge in [-0.05, 0) is 40.4 Å². The Kier molecular flexibility index (Phi) is 3.46. The van der Waals surface area contributed by atoms with Crippen molar-refractivity contribution in [2.75, 3.05) is 7.05 Å². The highest BCUT2D eigenvalue weighted by atomic mass is 32.2. The molecule has 0 atom stereocenters. The van der Waals surface area contributed by atoms with Crippen molar-refractivity contribution in [3.05, 3.63) is 51.6 Å². The maximum absolute atomic E-state index is 11.8. The van der Waals surface area contributed by atoms with Crippen LogP contribution in [0.4, 0.5) is 4.79 Å². The van der Waals surface area contributed by atoms with Crippen molar-refractivity contribution in [3.63, 3.8) is 0 Å². The van der Waals surface area contributed by atoms with E-state index in [9.17, 15) is 9.59 Å². The summed E-state index contributed by atoms with van der Waals surface area (Å²) < 4.78 is 0. The van der Waals surface area contributed by atoms with E-state index in [-0.39, 0.29) is 11.1 Å². The van der Waals surface area contributed by atoms with Crippen LogP contribution >= 0.6 is 23.1 Å². The van der Waals surface area contributed by atoms with Crippen LogP contribution in [-0.2, 0) is 4.79 Å². The van der Waals surface area contributed by atoms with Crippen molar-refractivity contribution in [1.82, 2.24) is 4.90 Å². The van der Waals surface area contributed by atoms with Gasteiger partial charge in [0.1, 0.15) is 0 Å². The zero-order valence-electron chi connectivity index (χ0n) is 10.7. The predicted octanol–water partition coefficient (Wildman–Crippen LogP) is 4.08. The van der Waals surface area contributed by atoms with Crippen LogP contribution in [-0.4, -0.2) is 23.1 Å². The summed E-state index contributed by atoms with van der Waals surface area (Å²) in [7, 11) is 1.50. The van der Waals surface area contributed by atoms with Gasteiger partial charge >= 0.3 is 0 Å². The number of thiophene rings is 1. The average molecular weight is 301 g/mol. The molecule has 0 spiro atoms. The first-order valence-corrected chi connectivity index (χ1v) is 7.70. The summed E-state index contributed by atoms with van der Waals surface area (Å²) in [6, 6.07) is 12.1. The van der Waals surface area contributed by atoms with Crippen LogP contribution in [0.1, 0.15) is 4.88 Å². The molecule has 0 saturated carbocycles. The molecule has 3 rings (SSSR count). The molecule has 1 aliphatic rings. The van der Waals surface area contributed by atoms with E-state index in [4.69, 9.17) is 0 Å². The minimum atomic E-state index is -0.227. The van der Waals surface area contributed by atoms with E-state index in [0.29, 0.717) is 4.91 Å². The Bertz CT molecular complexity index is 704. The molecule has 0 unspecified atom stereocenters.